The lowest BCUT2D eigenvalue weighted by atomic mass is 9.52. The summed E-state index contributed by atoms with van der Waals surface area (Å²) in [5, 5.41) is 23.2. The van der Waals surface area contributed by atoms with Crippen molar-refractivity contribution in [3.8, 4) is 16.9 Å². The highest BCUT2D eigenvalue weighted by Crippen LogP contribution is 2.52. The van der Waals surface area contributed by atoms with E-state index < -0.39 is 64.4 Å². The number of hydrogen-bond acceptors (Lipinski definition) is 10. The lowest BCUT2D eigenvalue weighted by Crippen LogP contribution is -2.74. The highest BCUT2D eigenvalue weighted by molar-refractivity contribution is 6.32. The number of nitrogens with two attached hydrogens (primary N) is 1. The van der Waals surface area contributed by atoms with Gasteiger partial charge in [-0.1, -0.05) is 13.8 Å². The molecule has 0 bridgehead atoms. The summed E-state index contributed by atoms with van der Waals surface area (Å²) in [6.07, 6.45) is 3.23. The van der Waals surface area contributed by atoms with Gasteiger partial charge in [0.1, 0.15) is 5.75 Å². The van der Waals surface area contributed by atoms with Crippen LogP contribution in [0.25, 0.3) is 11.1 Å². The molecule has 4 N–H and O–H groups in total. The van der Waals surface area contributed by atoms with E-state index in [1.54, 1.807) is 26.4 Å². The Hall–Kier alpha value is -3.67. The maximum absolute atomic E-state index is 14.2. The zero-order chi connectivity index (χ0) is 30.0. The highest BCUT2D eigenvalue weighted by Gasteiger charge is 2.69. The number of carbonyl (C=O) groups excluding carboxylic acids is 5. The number of likely N-dealkylation sites (N-methyl/N-ethyl adjacent to an activating group) is 1. The summed E-state index contributed by atoms with van der Waals surface area (Å²) in [5.74, 6) is -10.6. The second-order valence-corrected chi connectivity index (χ2v) is 11.5. The van der Waals surface area contributed by atoms with Gasteiger partial charge >= 0.3 is 0 Å². The molecule has 0 aliphatic heterocycles. The minimum Gasteiger partial charge on any atom is -0.507 e. The van der Waals surface area contributed by atoms with Crippen LogP contribution in [0.3, 0.4) is 0 Å². The van der Waals surface area contributed by atoms with Crippen LogP contribution in [0.15, 0.2) is 29.1 Å². The molecule has 1 aromatic heterocycles. The summed E-state index contributed by atoms with van der Waals surface area (Å²) in [4.78, 5) is 70.7. The summed E-state index contributed by atoms with van der Waals surface area (Å²) in [6.45, 7) is 5.72. The molecule has 0 saturated heterocycles. The lowest BCUT2D eigenvalue weighted by Gasteiger charge is -2.52. The molecule has 3 aliphatic carbocycles. The lowest BCUT2D eigenvalue weighted by molar-refractivity contribution is -0.181. The van der Waals surface area contributed by atoms with Crippen molar-refractivity contribution in [1.82, 2.24) is 9.80 Å². The fourth-order valence-corrected chi connectivity index (χ4v) is 7.21. The first-order valence-electron chi connectivity index (χ1n) is 13.9. The summed E-state index contributed by atoms with van der Waals surface area (Å²) in [5.41, 5.74) is 5.04. The number of primary amides is 1. The summed E-state index contributed by atoms with van der Waals surface area (Å²) in [7, 11) is 3.11. The Bertz CT molecular complexity index is 1440. The van der Waals surface area contributed by atoms with Gasteiger partial charge in [0, 0.05) is 23.6 Å². The predicted molar refractivity (Wildman–Crippen MR) is 146 cm³/mol. The normalized spacial score (nSPS) is 29.5. The number of Topliss-reactive ketones (excluding diaryl/α,β-unsaturated/α-hetero) is 4. The largest absolute Gasteiger partial charge is 0.507 e. The first-order chi connectivity index (χ1) is 19.4. The molecule has 3 aliphatic rings. The first kappa shape index (κ1) is 28.8. The first-order valence-corrected chi connectivity index (χ1v) is 13.9. The van der Waals surface area contributed by atoms with Crippen molar-refractivity contribution in [1.29, 1.82) is 0 Å². The molecule has 1 heterocycles. The van der Waals surface area contributed by atoms with E-state index in [9.17, 15) is 34.2 Å². The number of fused-ring (bicyclic) bond motifs is 3. The summed E-state index contributed by atoms with van der Waals surface area (Å²) < 4.78 is 5.32. The molecule has 2 fully saturated rings. The fourth-order valence-electron chi connectivity index (χ4n) is 7.21. The van der Waals surface area contributed by atoms with Gasteiger partial charge in [0.05, 0.1) is 30.0 Å². The van der Waals surface area contributed by atoms with Gasteiger partial charge in [-0.15, -0.1) is 0 Å². The van der Waals surface area contributed by atoms with Crippen LogP contribution < -0.4 is 5.73 Å². The van der Waals surface area contributed by atoms with E-state index in [1.807, 2.05) is 19.9 Å². The van der Waals surface area contributed by atoms with Gasteiger partial charge in [-0.05, 0) is 69.2 Å². The van der Waals surface area contributed by atoms with Crippen LogP contribution in [0.1, 0.15) is 41.8 Å². The predicted octanol–water partition coefficient (Wildman–Crippen LogP) is 0.969. The third-order valence-corrected chi connectivity index (χ3v) is 9.26. The zero-order valence-electron chi connectivity index (χ0n) is 23.5. The summed E-state index contributed by atoms with van der Waals surface area (Å²) >= 11 is 0. The van der Waals surface area contributed by atoms with Crippen molar-refractivity contribution < 1.29 is 38.6 Å². The number of aliphatic hydroxyl groups is 1. The molecule has 0 spiro atoms. The average molecular weight is 566 g/mol. The van der Waals surface area contributed by atoms with Crippen molar-refractivity contribution in [3.05, 3.63) is 41.3 Å². The zero-order valence-corrected chi connectivity index (χ0v) is 23.5. The Balaban J connectivity index is 1.68. The van der Waals surface area contributed by atoms with E-state index in [2.05, 4.69) is 4.90 Å². The molecule has 11 nitrogen and oxygen atoms in total. The van der Waals surface area contributed by atoms with Crippen molar-refractivity contribution in [2.75, 3.05) is 27.2 Å². The van der Waals surface area contributed by atoms with Gasteiger partial charge in [-0.2, -0.15) is 0 Å². The molecule has 218 valence electrons. The van der Waals surface area contributed by atoms with Crippen LogP contribution in [0.4, 0.5) is 0 Å². The Kier molecular flexibility index (Phi) is 7.25. The minimum absolute atomic E-state index is 0.00329. The van der Waals surface area contributed by atoms with Crippen LogP contribution in [-0.4, -0.2) is 87.9 Å². The number of ketones is 4. The molecular weight excluding hydrogens is 530 g/mol. The average Bonchev–Trinajstić information content (AvgIpc) is 3.45. The van der Waals surface area contributed by atoms with E-state index >= 15 is 0 Å². The number of rotatable bonds is 7. The third kappa shape index (κ3) is 4.17. The molecule has 0 radical (unpaired) electrons. The van der Waals surface area contributed by atoms with Crippen LogP contribution in [-0.2, 0) is 32.1 Å². The number of furan rings is 1. The second-order valence-electron chi connectivity index (χ2n) is 11.5. The van der Waals surface area contributed by atoms with E-state index in [4.69, 9.17) is 10.2 Å². The monoisotopic (exact) mass is 565 g/mol. The highest BCUT2D eigenvalue weighted by atomic mass is 16.3. The molecule has 1 amide bonds. The topological polar surface area (TPSA) is 171 Å². The van der Waals surface area contributed by atoms with Crippen LogP contribution in [0, 0.1) is 23.7 Å². The minimum atomic E-state index is -2.75. The molecule has 41 heavy (non-hydrogen) atoms. The molecule has 5 rings (SSSR count). The Labute approximate surface area is 237 Å². The molecule has 1 aromatic carbocycles. The van der Waals surface area contributed by atoms with E-state index in [0.717, 1.165) is 0 Å². The van der Waals surface area contributed by atoms with Gasteiger partial charge < -0.3 is 20.4 Å². The molecular formula is C30H35N3O8. The van der Waals surface area contributed by atoms with Crippen LogP contribution in [0.5, 0.6) is 5.75 Å². The second kappa shape index (κ2) is 10.3. The number of benzene rings is 1. The molecule has 6 atom stereocenters. The number of aromatic hydroxyl groups is 1. The SMILES string of the molecule is CCN(CC)Cc1cc(-c2ccoc2)c2c(c1O)C(=O)C1C(=O)[C@@]3(O)C(=O)C(C(N)=O)C(=O)[C@H](N(C)C)[C@H]3C[C@H]1C2. The van der Waals surface area contributed by atoms with E-state index in [-0.39, 0.29) is 24.2 Å². The molecule has 2 saturated carbocycles. The van der Waals surface area contributed by atoms with E-state index in [1.165, 1.54) is 11.2 Å². The Morgan fingerprint density at radius 3 is 2.39 bits per heavy atom. The number of hydrogen-bond donors (Lipinski definition) is 3. The van der Waals surface area contributed by atoms with Crippen molar-refractivity contribution in [2.45, 2.75) is 44.9 Å². The van der Waals surface area contributed by atoms with Crippen LogP contribution in [0.2, 0.25) is 0 Å². The quantitative estimate of drug-likeness (QED) is 0.411. The number of phenolic OH excluding ortho intramolecular Hbond substituents is 1. The maximum Gasteiger partial charge on any atom is 0.235 e. The van der Waals surface area contributed by atoms with E-state index in [0.29, 0.717) is 41.9 Å². The maximum atomic E-state index is 14.2. The Morgan fingerprint density at radius 1 is 1.15 bits per heavy atom. The molecule has 2 unspecified atom stereocenters. The number of nitrogens with zero attached hydrogens (tertiary/aromatic N) is 2. The Morgan fingerprint density at radius 2 is 1.83 bits per heavy atom. The van der Waals surface area contributed by atoms with Gasteiger partial charge in [0.25, 0.3) is 0 Å². The van der Waals surface area contributed by atoms with Gasteiger partial charge in [-0.3, -0.25) is 33.8 Å². The van der Waals surface area contributed by atoms with Gasteiger partial charge in [-0.25, -0.2) is 0 Å². The number of phenols is 1. The van der Waals surface area contributed by atoms with Crippen molar-refractivity contribution in [2.24, 2.45) is 29.4 Å². The smallest absolute Gasteiger partial charge is 0.235 e. The molecule has 2 aromatic rings. The number of amides is 1. The number of carbonyl (C=O) groups is 5. The fraction of sp³-hybridized carbons (Fsp3) is 0.500. The van der Waals surface area contributed by atoms with Crippen LogP contribution >= 0.6 is 0 Å². The van der Waals surface area contributed by atoms with Gasteiger partial charge in [0.15, 0.2) is 34.7 Å². The third-order valence-electron chi connectivity index (χ3n) is 9.26. The molecule has 11 heteroatoms. The standard InChI is InChI=1S/C30H35N3O8/c1-5-33(6-2)12-16-10-17(14-7-8-41-13-14)18-9-15-11-19-23(32(3)4)26(36)22(29(31)39)28(38)30(19,40)27(37)20(15)25(35)21(18)24(16)34/h7-8,10,13,15,19-20,22-23,34,40H,5-6,9,11-12H2,1-4H3,(H2,31,39)/t15-,19-,20?,22?,23-,30-/m1/s1. The van der Waals surface area contributed by atoms with Crippen molar-refractivity contribution >= 4 is 29.0 Å². The summed E-state index contributed by atoms with van der Waals surface area (Å²) in [6, 6.07) is 2.44. The van der Waals surface area contributed by atoms with Gasteiger partial charge in [0.2, 0.25) is 5.91 Å². The van der Waals surface area contributed by atoms with Crippen molar-refractivity contribution in [3.63, 3.8) is 0 Å².